The van der Waals surface area contributed by atoms with Crippen LogP contribution < -0.4 is 10.1 Å². The van der Waals surface area contributed by atoms with Crippen LogP contribution >= 0.6 is 0 Å². The summed E-state index contributed by atoms with van der Waals surface area (Å²) in [5.41, 5.74) is 2.72. The fourth-order valence-corrected chi connectivity index (χ4v) is 2.64. The molecule has 1 spiro atoms. The number of ether oxygens (including phenoxy) is 2. The molecule has 2 aliphatic rings. The Kier molecular flexibility index (Phi) is 1.89. The van der Waals surface area contributed by atoms with Crippen molar-refractivity contribution in [2.24, 2.45) is 0 Å². The van der Waals surface area contributed by atoms with Crippen LogP contribution in [0.1, 0.15) is 12.0 Å². The summed E-state index contributed by atoms with van der Waals surface area (Å²) in [5.74, 6) is 0.941. The largest absolute Gasteiger partial charge is 0.495 e. The van der Waals surface area contributed by atoms with Crippen LogP contribution in [0.3, 0.4) is 0 Å². The van der Waals surface area contributed by atoms with E-state index in [0.717, 1.165) is 37.6 Å². The summed E-state index contributed by atoms with van der Waals surface area (Å²) in [6, 6.07) is 6.25. The molecule has 1 saturated heterocycles. The Morgan fingerprint density at radius 1 is 1.47 bits per heavy atom. The van der Waals surface area contributed by atoms with Crippen LogP contribution in [0.25, 0.3) is 0 Å². The zero-order valence-electron chi connectivity index (χ0n) is 8.88. The van der Waals surface area contributed by atoms with Gasteiger partial charge in [-0.3, -0.25) is 0 Å². The smallest absolute Gasteiger partial charge is 0.142 e. The van der Waals surface area contributed by atoms with Gasteiger partial charge in [0.05, 0.1) is 19.4 Å². The third-order valence-corrected chi connectivity index (χ3v) is 3.52. The van der Waals surface area contributed by atoms with E-state index >= 15 is 0 Å². The first-order chi connectivity index (χ1) is 7.36. The van der Waals surface area contributed by atoms with Gasteiger partial charge in [0.2, 0.25) is 0 Å². The van der Waals surface area contributed by atoms with Crippen molar-refractivity contribution in [2.45, 2.75) is 11.8 Å². The highest BCUT2D eigenvalue weighted by Gasteiger charge is 2.43. The number of hydrogen-bond donors (Lipinski definition) is 1. The second kappa shape index (κ2) is 3.14. The molecule has 3 heteroatoms. The van der Waals surface area contributed by atoms with Crippen molar-refractivity contribution in [3.05, 3.63) is 23.8 Å². The summed E-state index contributed by atoms with van der Waals surface area (Å²) >= 11 is 0. The molecule has 0 radical (unpaired) electrons. The van der Waals surface area contributed by atoms with Crippen molar-refractivity contribution in [2.75, 3.05) is 32.2 Å². The number of methoxy groups -OCH3 is 1. The van der Waals surface area contributed by atoms with Crippen LogP contribution in [0.15, 0.2) is 18.2 Å². The van der Waals surface area contributed by atoms with E-state index < -0.39 is 0 Å². The normalized spacial score (nSPS) is 27.8. The highest BCUT2D eigenvalue weighted by molar-refractivity contribution is 5.68. The lowest BCUT2D eigenvalue weighted by atomic mass is 9.82. The highest BCUT2D eigenvalue weighted by atomic mass is 16.5. The Hall–Kier alpha value is -1.22. The molecule has 1 unspecified atom stereocenters. The summed E-state index contributed by atoms with van der Waals surface area (Å²) in [6.07, 6.45) is 1.11. The summed E-state index contributed by atoms with van der Waals surface area (Å²) in [7, 11) is 1.72. The molecule has 1 fully saturated rings. The van der Waals surface area contributed by atoms with Gasteiger partial charge in [0.1, 0.15) is 5.75 Å². The molecule has 1 aromatic rings. The summed E-state index contributed by atoms with van der Waals surface area (Å²) in [4.78, 5) is 0. The van der Waals surface area contributed by atoms with E-state index in [9.17, 15) is 0 Å². The van der Waals surface area contributed by atoms with Crippen molar-refractivity contribution in [1.82, 2.24) is 0 Å². The molecule has 0 aliphatic carbocycles. The first-order valence-electron chi connectivity index (χ1n) is 5.35. The molecule has 80 valence electrons. The van der Waals surface area contributed by atoms with Gasteiger partial charge in [0.15, 0.2) is 0 Å². The maximum Gasteiger partial charge on any atom is 0.142 e. The minimum Gasteiger partial charge on any atom is -0.495 e. The molecule has 2 aliphatic heterocycles. The van der Waals surface area contributed by atoms with E-state index in [2.05, 4.69) is 17.4 Å². The highest BCUT2D eigenvalue weighted by Crippen LogP contribution is 2.46. The molecule has 2 heterocycles. The Bertz CT molecular complexity index is 383. The van der Waals surface area contributed by atoms with Crippen molar-refractivity contribution in [1.29, 1.82) is 0 Å². The number of fused-ring (bicyclic) bond motifs is 2. The quantitative estimate of drug-likeness (QED) is 0.758. The van der Waals surface area contributed by atoms with Gasteiger partial charge in [0, 0.05) is 18.6 Å². The summed E-state index contributed by atoms with van der Waals surface area (Å²) in [5, 5.41) is 3.45. The molecular formula is C12H15NO2. The van der Waals surface area contributed by atoms with Crippen LogP contribution in [-0.4, -0.2) is 26.9 Å². The molecular weight excluding hydrogens is 190 g/mol. The Morgan fingerprint density at radius 3 is 3.13 bits per heavy atom. The first kappa shape index (κ1) is 9.04. The number of anilines is 1. The van der Waals surface area contributed by atoms with Gasteiger partial charge in [-0.1, -0.05) is 12.1 Å². The van der Waals surface area contributed by atoms with Gasteiger partial charge in [-0.15, -0.1) is 0 Å². The number of benzene rings is 1. The average Bonchev–Trinajstić information content (AvgIpc) is 2.89. The molecule has 0 saturated carbocycles. The van der Waals surface area contributed by atoms with Gasteiger partial charge in [-0.25, -0.2) is 0 Å². The zero-order chi connectivity index (χ0) is 10.3. The van der Waals surface area contributed by atoms with Crippen molar-refractivity contribution >= 4 is 5.69 Å². The standard InChI is InChI=1S/C12H15NO2/c1-14-10-4-2-3-9-11(10)13-7-12(9)5-6-15-8-12/h2-4,13H,5-8H2,1H3. The first-order valence-corrected chi connectivity index (χ1v) is 5.35. The number of hydrogen-bond acceptors (Lipinski definition) is 3. The summed E-state index contributed by atoms with van der Waals surface area (Å²) in [6.45, 7) is 2.68. The second-order valence-electron chi connectivity index (χ2n) is 4.32. The monoisotopic (exact) mass is 205 g/mol. The zero-order valence-corrected chi connectivity index (χ0v) is 8.88. The van der Waals surface area contributed by atoms with E-state index in [1.54, 1.807) is 7.11 Å². The lowest BCUT2D eigenvalue weighted by Gasteiger charge is -2.20. The molecule has 3 nitrogen and oxygen atoms in total. The molecule has 0 aromatic heterocycles. The van der Waals surface area contributed by atoms with Crippen molar-refractivity contribution in [3.8, 4) is 5.75 Å². The van der Waals surface area contributed by atoms with Gasteiger partial charge in [0.25, 0.3) is 0 Å². The Balaban J connectivity index is 2.10. The predicted octanol–water partition coefficient (Wildman–Crippen LogP) is 1.78. The van der Waals surface area contributed by atoms with E-state index in [1.807, 2.05) is 6.07 Å². The van der Waals surface area contributed by atoms with Crippen LogP contribution in [0, 0.1) is 0 Å². The third kappa shape index (κ3) is 1.16. The Morgan fingerprint density at radius 2 is 2.40 bits per heavy atom. The van der Waals surface area contributed by atoms with Crippen LogP contribution in [-0.2, 0) is 10.2 Å². The molecule has 1 aromatic carbocycles. The number of nitrogens with one attached hydrogen (secondary N) is 1. The van der Waals surface area contributed by atoms with Gasteiger partial charge in [-0.2, -0.15) is 0 Å². The van der Waals surface area contributed by atoms with Crippen LogP contribution in [0.4, 0.5) is 5.69 Å². The summed E-state index contributed by atoms with van der Waals surface area (Å²) < 4.78 is 10.9. The fourth-order valence-electron chi connectivity index (χ4n) is 2.64. The minimum atomic E-state index is 0.198. The third-order valence-electron chi connectivity index (χ3n) is 3.52. The lowest BCUT2D eigenvalue weighted by Crippen LogP contribution is -2.28. The molecule has 15 heavy (non-hydrogen) atoms. The molecule has 3 rings (SSSR count). The van der Waals surface area contributed by atoms with Crippen molar-refractivity contribution < 1.29 is 9.47 Å². The average molecular weight is 205 g/mol. The second-order valence-corrected chi connectivity index (χ2v) is 4.32. The van der Waals surface area contributed by atoms with Crippen molar-refractivity contribution in [3.63, 3.8) is 0 Å². The van der Waals surface area contributed by atoms with E-state index in [4.69, 9.17) is 9.47 Å². The van der Waals surface area contributed by atoms with Gasteiger partial charge >= 0.3 is 0 Å². The molecule has 0 bridgehead atoms. The predicted molar refractivity (Wildman–Crippen MR) is 58.6 cm³/mol. The number of rotatable bonds is 1. The van der Waals surface area contributed by atoms with Crippen LogP contribution in [0.5, 0.6) is 5.75 Å². The minimum absolute atomic E-state index is 0.198. The van der Waals surface area contributed by atoms with E-state index in [1.165, 1.54) is 5.56 Å². The van der Waals surface area contributed by atoms with Crippen LogP contribution in [0.2, 0.25) is 0 Å². The maximum absolute atomic E-state index is 5.53. The molecule has 1 atom stereocenters. The fraction of sp³-hybridized carbons (Fsp3) is 0.500. The molecule has 1 N–H and O–H groups in total. The molecule has 0 amide bonds. The van der Waals surface area contributed by atoms with Gasteiger partial charge < -0.3 is 14.8 Å². The maximum atomic E-state index is 5.53. The SMILES string of the molecule is COc1cccc2c1NCC21CCOC1. The number of para-hydroxylation sites is 1. The van der Waals surface area contributed by atoms with E-state index in [-0.39, 0.29) is 5.41 Å². The van der Waals surface area contributed by atoms with E-state index in [0.29, 0.717) is 0 Å². The van der Waals surface area contributed by atoms with Gasteiger partial charge in [-0.05, 0) is 18.1 Å². The Labute approximate surface area is 89.4 Å². The topological polar surface area (TPSA) is 30.5 Å². The lowest BCUT2D eigenvalue weighted by molar-refractivity contribution is 0.181.